The molecule has 0 bridgehead atoms. The van der Waals surface area contributed by atoms with E-state index in [1.54, 1.807) is 7.11 Å². The van der Waals surface area contributed by atoms with Crippen molar-refractivity contribution in [3.63, 3.8) is 0 Å². The fourth-order valence-corrected chi connectivity index (χ4v) is 3.00. The Balaban J connectivity index is 1.87. The number of rotatable bonds is 6. The van der Waals surface area contributed by atoms with Gasteiger partial charge in [0.2, 0.25) is 0 Å². The lowest BCUT2D eigenvalue weighted by atomic mass is 9.97. The van der Waals surface area contributed by atoms with E-state index in [2.05, 4.69) is 19.1 Å². The van der Waals surface area contributed by atoms with Gasteiger partial charge in [0.1, 0.15) is 5.75 Å². The van der Waals surface area contributed by atoms with Crippen LogP contribution in [-0.4, -0.2) is 12.9 Å². The first-order valence-electron chi connectivity index (χ1n) is 8.60. The first-order valence-corrected chi connectivity index (χ1v) is 8.60. The summed E-state index contributed by atoms with van der Waals surface area (Å²) in [6.45, 7) is 2.12. The molecule has 126 valence electrons. The zero-order valence-corrected chi connectivity index (χ0v) is 14.7. The molecule has 0 aliphatic rings. The average Bonchev–Trinajstić information content (AvgIpc) is 2.68. The molecule has 0 aliphatic heterocycles. The maximum Gasteiger partial charge on any atom is 0.193 e. The molecule has 2 heteroatoms. The summed E-state index contributed by atoms with van der Waals surface area (Å²) in [4.78, 5) is 12.8. The monoisotopic (exact) mass is 330 g/mol. The van der Waals surface area contributed by atoms with Crippen LogP contribution >= 0.6 is 0 Å². The average molecular weight is 330 g/mol. The first kappa shape index (κ1) is 17.0. The molecule has 0 unspecified atom stereocenters. The lowest BCUT2D eigenvalue weighted by Crippen LogP contribution is -2.03. The van der Waals surface area contributed by atoms with Crippen molar-refractivity contribution < 1.29 is 9.53 Å². The summed E-state index contributed by atoms with van der Waals surface area (Å²) < 4.78 is 5.39. The molecule has 0 heterocycles. The number of carbonyl (C=O) groups is 1. The van der Waals surface area contributed by atoms with Crippen LogP contribution in [0.2, 0.25) is 0 Å². The third kappa shape index (κ3) is 3.80. The van der Waals surface area contributed by atoms with Crippen molar-refractivity contribution in [2.75, 3.05) is 7.11 Å². The van der Waals surface area contributed by atoms with Gasteiger partial charge in [0, 0.05) is 11.1 Å². The topological polar surface area (TPSA) is 26.3 Å². The van der Waals surface area contributed by atoms with Gasteiger partial charge in [-0.1, -0.05) is 67.9 Å². The van der Waals surface area contributed by atoms with Crippen LogP contribution in [0.25, 0.3) is 11.1 Å². The molecule has 0 aliphatic carbocycles. The summed E-state index contributed by atoms with van der Waals surface area (Å²) in [6.07, 6.45) is 1.91. The van der Waals surface area contributed by atoms with Gasteiger partial charge in [-0.05, 0) is 41.3 Å². The van der Waals surface area contributed by atoms with E-state index in [0.29, 0.717) is 11.1 Å². The number of methoxy groups -OCH3 is 1. The Kier molecular flexibility index (Phi) is 5.30. The molecule has 0 radical (unpaired) electrons. The Morgan fingerprint density at radius 2 is 1.48 bits per heavy atom. The van der Waals surface area contributed by atoms with E-state index in [1.807, 2.05) is 60.7 Å². The number of hydrogen-bond donors (Lipinski definition) is 0. The maximum atomic E-state index is 12.8. The van der Waals surface area contributed by atoms with Gasteiger partial charge in [-0.2, -0.15) is 0 Å². The summed E-state index contributed by atoms with van der Waals surface area (Å²) in [7, 11) is 1.66. The van der Waals surface area contributed by atoms with Crippen molar-refractivity contribution in [1.82, 2.24) is 0 Å². The predicted molar refractivity (Wildman–Crippen MR) is 102 cm³/mol. The summed E-state index contributed by atoms with van der Waals surface area (Å²) in [5, 5.41) is 0. The second-order valence-electron chi connectivity index (χ2n) is 6.05. The maximum absolute atomic E-state index is 12.8. The molecule has 0 spiro atoms. The number of aryl methyl sites for hydroxylation is 1. The number of carbonyl (C=O) groups excluding carboxylic acids is 1. The molecule has 2 nitrogen and oxygen atoms in total. The van der Waals surface area contributed by atoms with Gasteiger partial charge in [-0.15, -0.1) is 0 Å². The predicted octanol–water partition coefficient (Wildman–Crippen LogP) is 5.55. The number of ether oxygens (including phenoxy) is 1. The summed E-state index contributed by atoms with van der Waals surface area (Å²) in [5.41, 5.74) is 4.75. The van der Waals surface area contributed by atoms with Crippen LogP contribution < -0.4 is 4.74 Å². The fraction of sp³-hybridized carbons (Fsp3) is 0.174. The van der Waals surface area contributed by atoms with E-state index in [-0.39, 0.29) is 5.78 Å². The summed E-state index contributed by atoms with van der Waals surface area (Å²) in [6, 6.07) is 23.6. The van der Waals surface area contributed by atoms with Crippen LogP contribution in [0.5, 0.6) is 5.75 Å². The van der Waals surface area contributed by atoms with Gasteiger partial charge in [-0.25, -0.2) is 0 Å². The SMILES string of the molecule is CCCc1cc(C(=O)c2ccc(-c3ccccc3)cc2)ccc1OC. The van der Waals surface area contributed by atoms with Crippen molar-refractivity contribution in [2.45, 2.75) is 19.8 Å². The third-order valence-corrected chi connectivity index (χ3v) is 4.32. The van der Waals surface area contributed by atoms with Gasteiger partial charge in [0.15, 0.2) is 5.78 Å². The summed E-state index contributed by atoms with van der Waals surface area (Å²) in [5.74, 6) is 0.887. The van der Waals surface area contributed by atoms with Crippen molar-refractivity contribution >= 4 is 5.78 Å². The minimum Gasteiger partial charge on any atom is -0.496 e. The number of hydrogen-bond acceptors (Lipinski definition) is 2. The highest BCUT2D eigenvalue weighted by Crippen LogP contribution is 2.24. The van der Waals surface area contributed by atoms with E-state index >= 15 is 0 Å². The van der Waals surface area contributed by atoms with Crippen LogP contribution in [0.1, 0.15) is 34.8 Å². The zero-order chi connectivity index (χ0) is 17.6. The Bertz CT molecular complexity index is 849. The van der Waals surface area contributed by atoms with Crippen LogP contribution in [0, 0.1) is 0 Å². The Morgan fingerprint density at radius 3 is 2.12 bits per heavy atom. The first-order chi connectivity index (χ1) is 12.2. The van der Waals surface area contributed by atoms with Crippen LogP contribution in [0.15, 0.2) is 72.8 Å². The highest BCUT2D eigenvalue weighted by atomic mass is 16.5. The van der Waals surface area contributed by atoms with Crippen LogP contribution in [0.4, 0.5) is 0 Å². The zero-order valence-electron chi connectivity index (χ0n) is 14.7. The van der Waals surface area contributed by atoms with Crippen LogP contribution in [-0.2, 0) is 6.42 Å². The summed E-state index contributed by atoms with van der Waals surface area (Å²) >= 11 is 0. The molecular formula is C23H22O2. The van der Waals surface area contributed by atoms with Gasteiger partial charge < -0.3 is 4.74 Å². The highest BCUT2D eigenvalue weighted by molar-refractivity contribution is 6.09. The lowest BCUT2D eigenvalue weighted by Gasteiger charge is -2.10. The molecule has 3 aromatic rings. The Labute approximate surface area is 149 Å². The van der Waals surface area contributed by atoms with Crippen molar-refractivity contribution in [2.24, 2.45) is 0 Å². The van der Waals surface area contributed by atoms with E-state index in [1.165, 1.54) is 0 Å². The molecular weight excluding hydrogens is 308 g/mol. The Hall–Kier alpha value is -2.87. The van der Waals surface area contributed by atoms with E-state index in [9.17, 15) is 4.79 Å². The molecule has 0 saturated heterocycles. The lowest BCUT2D eigenvalue weighted by molar-refractivity contribution is 0.103. The van der Waals surface area contributed by atoms with E-state index in [4.69, 9.17) is 4.74 Å². The van der Waals surface area contributed by atoms with E-state index < -0.39 is 0 Å². The quantitative estimate of drug-likeness (QED) is 0.554. The standard InChI is InChI=1S/C23H22O2/c1-3-7-20-16-21(14-15-22(20)25-2)23(24)19-12-10-18(11-13-19)17-8-5-4-6-9-17/h4-6,8-16H,3,7H2,1-2H3. The highest BCUT2D eigenvalue weighted by Gasteiger charge is 2.12. The third-order valence-electron chi connectivity index (χ3n) is 4.32. The minimum absolute atomic E-state index is 0.0413. The molecule has 0 N–H and O–H groups in total. The second-order valence-corrected chi connectivity index (χ2v) is 6.05. The van der Waals surface area contributed by atoms with Gasteiger partial charge in [0.05, 0.1) is 7.11 Å². The molecule has 25 heavy (non-hydrogen) atoms. The van der Waals surface area contributed by atoms with Crippen LogP contribution in [0.3, 0.4) is 0 Å². The largest absolute Gasteiger partial charge is 0.496 e. The molecule has 3 aromatic carbocycles. The number of benzene rings is 3. The Morgan fingerprint density at radius 1 is 0.840 bits per heavy atom. The fourth-order valence-electron chi connectivity index (χ4n) is 3.00. The van der Waals surface area contributed by atoms with E-state index in [0.717, 1.165) is 35.3 Å². The van der Waals surface area contributed by atoms with Gasteiger partial charge in [-0.3, -0.25) is 4.79 Å². The normalized spacial score (nSPS) is 10.5. The van der Waals surface area contributed by atoms with Crippen molar-refractivity contribution in [3.05, 3.63) is 89.5 Å². The van der Waals surface area contributed by atoms with Crippen molar-refractivity contribution in [3.8, 4) is 16.9 Å². The minimum atomic E-state index is 0.0413. The smallest absolute Gasteiger partial charge is 0.193 e. The van der Waals surface area contributed by atoms with Gasteiger partial charge >= 0.3 is 0 Å². The van der Waals surface area contributed by atoms with Gasteiger partial charge in [0.25, 0.3) is 0 Å². The van der Waals surface area contributed by atoms with Crippen molar-refractivity contribution in [1.29, 1.82) is 0 Å². The second kappa shape index (κ2) is 7.80. The molecule has 3 rings (SSSR count). The molecule has 0 atom stereocenters. The molecule has 0 fully saturated rings. The number of ketones is 1. The molecule has 0 saturated carbocycles. The molecule has 0 aromatic heterocycles. The molecule has 0 amide bonds.